The summed E-state index contributed by atoms with van der Waals surface area (Å²) < 4.78 is 5.62. The van der Waals surface area contributed by atoms with Crippen LogP contribution in [-0.2, 0) is 9.53 Å². The van der Waals surface area contributed by atoms with Gasteiger partial charge in [0.2, 0.25) is 5.91 Å². The van der Waals surface area contributed by atoms with E-state index in [4.69, 9.17) is 16.0 Å². The predicted octanol–water partition coefficient (Wildman–Crippen LogP) is 1.09. The molecule has 0 aromatic rings. The van der Waals surface area contributed by atoms with Crippen LogP contribution in [0.5, 0.6) is 0 Å². The van der Waals surface area contributed by atoms with Gasteiger partial charge in [0.05, 0.1) is 6.10 Å². The number of azide groups is 1. The van der Waals surface area contributed by atoms with Crippen LogP contribution >= 0.6 is 0 Å². The fraction of sp³-hybridized carbons (Fsp3) is 0.909. The lowest BCUT2D eigenvalue weighted by molar-refractivity contribution is -0.131. The minimum atomic E-state index is -0.719. The standard InChI is InChI=1S/C11H21N5O2/c1-2-3-9-8-11(10(12)17,4-7-18-9)14-5-6-15-16-13/h9,14H,2-8H2,1H3,(H2,12,17). The van der Waals surface area contributed by atoms with Gasteiger partial charge in [0.25, 0.3) is 0 Å². The monoisotopic (exact) mass is 255 g/mol. The number of carbonyl (C=O) groups excluding carboxylic acids is 1. The first-order valence-electron chi connectivity index (χ1n) is 6.32. The minimum absolute atomic E-state index is 0.0724. The molecule has 1 amide bonds. The van der Waals surface area contributed by atoms with Crippen molar-refractivity contribution in [3.05, 3.63) is 10.4 Å². The Labute approximate surface area is 107 Å². The van der Waals surface area contributed by atoms with Gasteiger partial charge in [-0.3, -0.25) is 4.79 Å². The zero-order chi connectivity index (χ0) is 13.4. The van der Waals surface area contributed by atoms with Crippen molar-refractivity contribution in [3.8, 4) is 0 Å². The third kappa shape index (κ3) is 3.87. The molecule has 1 aliphatic rings. The summed E-state index contributed by atoms with van der Waals surface area (Å²) in [6.07, 6.45) is 3.17. The number of nitrogens with zero attached hydrogens (tertiary/aromatic N) is 3. The molecule has 102 valence electrons. The molecular weight excluding hydrogens is 234 g/mol. The van der Waals surface area contributed by atoms with Crippen molar-refractivity contribution in [1.29, 1.82) is 0 Å². The quantitative estimate of drug-likeness (QED) is 0.307. The fourth-order valence-corrected chi connectivity index (χ4v) is 2.32. The van der Waals surface area contributed by atoms with Gasteiger partial charge in [-0.15, -0.1) is 0 Å². The van der Waals surface area contributed by atoms with Gasteiger partial charge >= 0.3 is 0 Å². The molecule has 1 rings (SSSR count). The van der Waals surface area contributed by atoms with Crippen LogP contribution in [0.2, 0.25) is 0 Å². The van der Waals surface area contributed by atoms with Crippen molar-refractivity contribution in [3.63, 3.8) is 0 Å². The molecule has 1 heterocycles. The normalized spacial score (nSPS) is 27.5. The number of rotatable bonds is 7. The summed E-state index contributed by atoms with van der Waals surface area (Å²) in [5, 5.41) is 6.58. The van der Waals surface area contributed by atoms with Gasteiger partial charge in [-0.05, 0) is 18.4 Å². The van der Waals surface area contributed by atoms with Crippen LogP contribution in [0.1, 0.15) is 32.6 Å². The zero-order valence-corrected chi connectivity index (χ0v) is 10.8. The van der Waals surface area contributed by atoms with Crippen LogP contribution in [0, 0.1) is 0 Å². The smallest absolute Gasteiger partial charge is 0.237 e. The van der Waals surface area contributed by atoms with Crippen molar-refractivity contribution in [2.75, 3.05) is 19.7 Å². The summed E-state index contributed by atoms with van der Waals surface area (Å²) in [7, 11) is 0. The molecule has 0 radical (unpaired) electrons. The second-order valence-electron chi connectivity index (χ2n) is 4.56. The first-order chi connectivity index (χ1) is 8.64. The first-order valence-corrected chi connectivity index (χ1v) is 6.32. The number of nitrogens with one attached hydrogen (secondary N) is 1. The highest BCUT2D eigenvalue weighted by atomic mass is 16.5. The van der Waals surface area contributed by atoms with Crippen molar-refractivity contribution in [2.45, 2.75) is 44.2 Å². The lowest BCUT2D eigenvalue weighted by Gasteiger charge is -2.39. The number of hydrogen-bond donors (Lipinski definition) is 2. The Balaban J connectivity index is 2.61. The highest BCUT2D eigenvalue weighted by Crippen LogP contribution is 2.27. The highest BCUT2D eigenvalue weighted by Gasteiger charge is 2.41. The Morgan fingerprint density at radius 3 is 3.11 bits per heavy atom. The second kappa shape index (κ2) is 7.20. The van der Waals surface area contributed by atoms with Gasteiger partial charge in [0, 0.05) is 31.0 Å². The Morgan fingerprint density at radius 2 is 2.50 bits per heavy atom. The zero-order valence-electron chi connectivity index (χ0n) is 10.8. The molecule has 1 saturated heterocycles. The molecule has 3 N–H and O–H groups in total. The van der Waals surface area contributed by atoms with Gasteiger partial charge in [-0.2, -0.15) is 0 Å². The molecule has 7 nitrogen and oxygen atoms in total. The van der Waals surface area contributed by atoms with Crippen molar-refractivity contribution < 1.29 is 9.53 Å². The molecule has 0 bridgehead atoms. The van der Waals surface area contributed by atoms with Crippen LogP contribution < -0.4 is 11.1 Å². The molecule has 1 aliphatic heterocycles. The average Bonchev–Trinajstić information content (AvgIpc) is 2.35. The van der Waals surface area contributed by atoms with E-state index in [1.165, 1.54) is 0 Å². The summed E-state index contributed by atoms with van der Waals surface area (Å²) in [5.74, 6) is -0.354. The number of hydrogen-bond acceptors (Lipinski definition) is 4. The second-order valence-corrected chi connectivity index (χ2v) is 4.56. The number of nitrogens with two attached hydrogens (primary N) is 1. The van der Waals surface area contributed by atoms with Crippen LogP contribution in [-0.4, -0.2) is 37.2 Å². The summed E-state index contributed by atoms with van der Waals surface area (Å²) in [6.45, 7) is 3.37. The molecule has 2 atom stereocenters. The number of amides is 1. The molecule has 0 aromatic carbocycles. The van der Waals surface area contributed by atoms with E-state index in [0.717, 1.165) is 12.8 Å². The van der Waals surface area contributed by atoms with E-state index in [-0.39, 0.29) is 12.0 Å². The van der Waals surface area contributed by atoms with Crippen LogP contribution in [0.4, 0.5) is 0 Å². The maximum Gasteiger partial charge on any atom is 0.237 e. The van der Waals surface area contributed by atoms with Gasteiger partial charge in [-0.25, -0.2) is 0 Å². The molecule has 18 heavy (non-hydrogen) atoms. The third-order valence-corrected chi connectivity index (χ3v) is 3.28. The topological polar surface area (TPSA) is 113 Å². The van der Waals surface area contributed by atoms with E-state index in [9.17, 15) is 4.79 Å². The lowest BCUT2D eigenvalue weighted by atomic mass is 9.84. The number of carbonyl (C=O) groups is 1. The molecule has 2 unspecified atom stereocenters. The fourth-order valence-electron chi connectivity index (χ4n) is 2.32. The molecule has 1 fully saturated rings. The summed E-state index contributed by atoms with van der Waals surface area (Å²) >= 11 is 0. The number of primary amides is 1. The van der Waals surface area contributed by atoms with Gasteiger partial charge < -0.3 is 15.8 Å². The van der Waals surface area contributed by atoms with E-state index in [1.807, 2.05) is 0 Å². The first kappa shape index (κ1) is 14.8. The van der Waals surface area contributed by atoms with E-state index in [0.29, 0.717) is 32.5 Å². The summed E-state index contributed by atoms with van der Waals surface area (Å²) in [6, 6.07) is 0. The highest BCUT2D eigenvalue weighted by molar-refractivity contribution is 5.84. The Morgan fingerprint density at radius 1 is 1.72 bits per heavy atom. The predicted molar refractivity (Wildman–Crippen MR) is 67.8 cm³/mol. The molecule has 0 saturated carbocycles. The largest absolute Gasteiger partial charge is 0.378 e. The van der Waals surface area contributed by atoms with E-state index in [1.54, 1.807) is 0 Å². The van der Waals surface area contributed by atoms with Crippen LogP contribution in [0.15, 0.2) is 5.11 Å². The van der Waals surface area contributed by atoms with Crippen LogP contribution in [0.3, 0.4) is 0 Å². The maximum atomic E-state index is 11.7. The molecule has 0 aliphatic carbocycles. The maximum absolute atomic E-state index is 11.7. The SMILES string of the molecule is CCCC1CC(NCCN=[N+]=[N-])(C(N)=O)CCO1. The molecule has 0 spiro atoms. The van der Waals surface area contributed by atoms with E-state index >= 15 is 0 Å². The van der Waals surface area contributed by atoms with Crippen molar-refractivity contribution >= 4 is 5.91 Å². The minimum Gasteiger partial charge on any atom is -0.378 e. The van der Waals surface area contributed by atoms with Crippen LogP contribution in [0.25, 0.3) is 10.4 Å². The average molecular weight is 255 g/mol. The third-order valence-electron chi connectivity index (χ3n) is 3.28. The summed E-state index contributed by atoms with van der Waals surface area (Å²) in [5.41, 5.74) is 13.0. The van der Waals surface area contributed by atoms with E-state index < -0.39 is 5.54 Å². The van der Waals surface area contributed by atoms with Crippen molar-refractivity contribution in [2.24, 2.45) is 10.8 Å². The van der Waals surface area contributed by atoms with Gasteiger partial charge in [0.15, 0.2) is 0 Å². The Bertz CT molecular complexity index is 327. The molecule has 7 heteroatoms. The van der Waals surface area contributed by atoms with Gasteiger partial charge in [-0.1, -0.05) is 18.5 Å². The summed E-state index contributed by atoms with van der Waals surface area (Å²) in [4.78, 5) is 14.4. The lowest BCUT2D eigenvalue weighted by Crippen LogP contribution is -2.60. The Hall–Kier alpha value is -1.30. The number of ether oxygens (including phenoxy) is 1. The Kier molecular flexibility index (Phi) is 5.91. The van der Waals surface area contributed by atoms with Crippen molar-refractivity contribution in [1.82, 2.24) is 5.32 Å². The van der Waals surface area contributed by atoms with Gasteiger partial charge in [0.1, 0.15) is 5.54 Å². The molecule has 0 aromatic heterocycles. The molecular formula is C11H21N5O2. The van der Waals surface area contributed by atoms with E-state index in [2.05, 4.69) is 22.3 Å².